The number of benzene rings is 1. The molecule has 2 unspecified atom stereocenters. The Morgan fingerprint density at radius 3 is 2.73 bits per heavy atom. The quantitative estimate of drug-likeness (QED) is 0.486. The first-order valence-corrected chi connectivity index (χ1v) is 12.6. The number of hydrogen-bond donors (Lipinski definition) is 3. The first-order valence-electron chi connectivity index (χ1n) is 11.0. The van der Waals surface area contributed by atoms with Crippen molar-refractivity contribution in [2.75, 3.05) is 30.3 Å². The van der Waals surface area contributed by atoms with Crippen LogP contribution < -0.4 is 16.4 Å². The predicted molar refractivity (Wildman–Crippen MR) is 133 cm³/mol. The minimum atomic E-state index is -0.131. The maximum Gasteiger partial charge on any atom is 0.154 e. The molecule has 176 valence electrons. The number of piperidine rings is 1. The van der Waals surface area contributed by atoms with Crippen LogP contribution in [-0.2, 0) is 11.3 Å². The topological polar surface area (TPSA) is 102 Å². The molecule has 5 N–H and O–H groups in total. The Morgan fingerprint density at radius 1 is 1.30 bits per heavy atom. The van der Waals surface area contributed by atoms with Crippen molar-refractivity contribution < 1.29 is 9.84 Å². The number of nitrogens with zero attached hydrogens (tertiary/aromatic N) is 3. The van der Waals surface area contributed by atoms with Crippen LogP contribution in [0.5, 0.6) is 0 Å². The van der Waals surface area contributed by atoms with Gasteiger partial charge in [0, 0.05) is 35.5 Å². The molecule has 1 aromatic carbocycles. The molecule has 10 heteroatoms. The van der Waals surface area contributed by atoms with Crippen LogP contribution in [0, 0.1) is 5.41 Å². The number of anilines is 2. The second-order valence-corrected chi connectivity index (χ2v) is 10.7. The highest BCUT2D eigenvalue weighted by Crippen LogP contribution is 2.45. The second kappa shape index (κ2) is 8.83. The van der Waals surface area contributed by atoms with E-state index >= 15 is 0 Å². The second-order valence-electron chi connectivity index (χ2n) is 8.90. The Labute approximate surface area is 207 Å². The summed E-state index contributed by atoms with van der Waals surface area (Å²) >= 11 is 14.1. The molecule has 4 heterocycles. The van der Waals surface area contributed by atoms with Crippen LogP contribution in [0.1, 0.15) is 25.5 Å². The molecule has 7 nitrogen and oxygen atoms in total. The number of aromatic nitrogens is 2. The Kier molecular flexibility index (Phi) is 6.18. The molecular formula is C23H27Cl2N5O2S. The van der Waals surface area contributed by atoms with E-state index in [1.165, 1.54) is 11.8 Å². The Bertz CT molecular complexity index is 1200. The maximum absolute atomic E-state index is 10.0. The fraction of sp³-hybridized carbons (Fsp3) is 0.435. The van der Waals surface area contributed by atoms with Crippen molar-refractivity contribution >= 4 is 52.1 Å². The van der Waals surface area contributed by atoms with Crippen LogP contribution in [0.15, 0.2) is 40.3 Å². The number of imidazole rings is 1. The molecule has 33 heavy (non-hydrogen) atoms. The molecule has 3 aromatic rings. The third-order valence-electron chi connectivity index (χ3n) is 7.03. The highest BCUT2D eigenvalue weighted by molar-refractivity contribution is 7.99. The normalized spacial score (nSPS) is 22.5. The molecule has 0 radical (unpaired) electrons. The molecule has 0 amide bonds. The Hall–Kier alpha value is -1.68. The number of fused-ring (bicyclic) bond motifs is 1. The fourth-order valence-electron chi connectivity index (χ4n) is 4.98. The smallest absolute Gasteiger partial charge is 0.154 e. The number of nitrogen functional groups attached to an aromatic ring is 1. The Morgan fingerprint density at radius 2 is 2.06 bits per heavy atom. The van der Waals surface area contributed by atoms with Crippen molar-refractivity contribution in [2.24, 2.45) is 11.1 Å². The SMILES string of the molecule is CC1OCC2(CCN(c3cc(N)c(Sc4cccc(Cl)c4Cl)c4ncc(CO)n34)CC2)C1N. The van der Waals surface area contributed by atoms with Crippen molar-refractivity contribution in [3.63, 3.8) is 0 Å². The van der Waals surface area contributed by atoms with Gasteiger partial charge in [-0.05, 0) is 31.9 Å². The molecule has 2 aliphatic rings. The van der Waals surface area contributed by atoms with Crippen LogP contribution in [0.3, 0.4) is 0 Å². The lowest BCUT2D eigenvalue weighted by Gasteiger charge is -2.42. The highest BCUT2D eigenvalue weighted by Gasteiger charge is 2.47. The summed E-state index contributed by atoms with van der Waals surface area (Å²) in [6.07, 6.45) is 3.66. The lowest BCUT2D eigenvalue weighted by atomic mass is 9.73. The van der Waals surface area contributed by atoms with Gasteiger partial charge in [-0.15, -0.1) is 0 Å². The third kappa shape index (κ3) is 3.87. The molecule has 2 atom stereocenters. The standard InChI is InChI=1S/C23H27Cl2N5O2S/c1-13-21(27)23(12-32-13)5-7-29(8-6-23)18-9-16(26)20(22-28-10-14(11-31)30(18)22)33-17-4-2-3-15(24)19(17)25/h2-4,9-10,13,21,31H,5-8,11-12,26-27H2,1H3. The van der Waals surface area contributed by atoms with Crippen molar-refractivity contribution in [1.29, 1.82) is 0 Å². The first kappa shape index (κ1) is 23.1. The van der Waals surface area contributed by atoms with E-state index in [0.29, 0.717) is 33.7 Å². The number of aliphatic hydroxyl groups excluding tert-OH is 1. The van der Waals surface area contributed by atoms with Gasteiger partial charge >= 0.3 is 0 Å². The minimum absolute atomic E-state index is 0.0223. The molecule has 2 fully saturated rings. The van der Waals surface area contributed by atoms with Gasteiger partial charge in [0.15, 0.2) is 5.65 Å². The van der Waals surface area contributed by atoms with Crippen molar-refractivity contribution in [2.45, 2.75) is 48.3 Å². The molecule has 2 saturated heterocycles. The van der Waals surface area contributed by atoms with Crippen LogP contribution in [-0.4, -0.2) is 46.3 Å². The molecule has 0 bridgehead atoms. The number of halogens is 2. The van der Waals surface area contributed by atoms with Gasteiger partial charge in [-0.1, -0.05) is 41.0 Å². The predicted octanol–water partition coefficient (Wildman–Crippen LogP) is 4.20. The van der Waals surface area contributed by atoms with Gasteiger partial charge in [0.2, 0.25) is 0 Å². The number of aliphatic hydroxyl groups is 1. The Balaban J connectivity index is 1.51. The van der Waals surface area contributed by atoms with E-state index in [1.807, 2.05) is 22.6 Å². The molecular weight excluding hydrogens is 481 g/mol. The summed E-state index contributed by atoms with van der Waals surface area (Å²) in [5, 5.41) is 11.0. The zero-order valence-electron chi connectivity index (χ0n) is 18.3. The van der Waals surface area contributed by atoms with Gasteiger partial charge < -0.3 is 26.2 Å². The summed E-state index contributed by atoms with van der Waals surface area (Å²) in [7, 11) is 0. The van der Waals surface area contributed by atoms with Crippen LogP contribution in [0.25, 0.3) is 5.65 Å². The van der Waals surface area contributed by atoms with E-state index < -0.39 is 0 Å². The van der Waals surface area contributed by atoms with Gasteiger partial charge in [0.05, 0.1) is 51.8 Å². The van der Waals surface area contributed by atoms with Crippen LogP contribution in [0.2, 0.25) is 10.0 Å². The molecule has 2 aromatic heterocycles. The van der Waals surface area contributed by atoms with E-state index in [2.05, 4.69) is 16.8 Å². The lowest BCUT2D eigenvalue weighted by Crippen LogP contribution is -2.51. The van der Waals surface area contributed by atoms with E-state index in [4.69, 9.17) is 39.4 Å². The summed E-state index contributed by atoms with van der Waals surface area (Å²) in [4.78, 5) is 8.47. The number of nitrogens with two attached hydrogens (primary N) is 2. The summed E-state index contributed by atoms with van der Waals surface area (Å²) < 4.78 is 7.86. The highest BCUT2D eigenvalue weighted by atomic mass is 35.5. The van der Waals surface area contributed by atoms with E-state index in [-0.39, 0.29) is 24.2 Å². The molecule has 2 aliphatic heterocycles. The van der Waals surface area contributed by atoms with Crippen molar-refractivity contribution in [3.8, 4) is 0 Å². The summed E-state index contributed by atoms with van der Waals surface area (Å²) in [6, 6.07) is 7.51. The number of pyridine rings is 1. The van der Waals surface area contributed by atoms with Crippen molar-refractivity contribution in [1.82, 2.24) is 9.38 Å². The first-order chi connectivity index (χ1) is 15.8. The van der Waals surface area contributed by atoms with Gasteiger partial charge in [0.1, 0.15) is 5.82 Å². The average Bonchev–Trinajstić information content (AvgIpc) is 3.36. The number of rotatable bonds is 4. The van der Waals surface area contributed by atoms with Gasteiger partial charge in [-0.3, -0.25) is 4.40 Å². The lowest BCUT2D eigenvalue weighted by molar-refractivity contribution is 0.0974. The summed E-state index contributed by atoms with van der Waals surface area (Å²) in [5.41, 5.74) is 15.1. The molecule has 5 rings (SSSR count). The fourth-order valence-corrected chi connectivity index (χ4v) is 6.43. The van der Waals surface area contributed by atoms with Gasteiger partial charge in [-0.2, -0.15) is 0 Å². The number of ether oxygens (including phenoxy) is 1. The van der Waals surface area contributed by atoms with Gasteiger partial charge in [-0.25, -0.2) is 4.98 Å². The molecule has 0 aliphatic carbocycles. The monoisotopic (exact) mass is 507 g/mol. The van der Waals surface area contributed by atoms with E-state index in [9.17, 15) is 5.11 Å². The largest absolute Gasteiger partial charge is 0.398 e. The zero-order valence-corrected chi connectivity index (χ0v) is 20.6. The number of hydrogen-bond acceptors (Lipinski definition) is 7. The summed E-state index contributed by atoms with van der Waals surface area (Å²) in [5.74, 6) is 0.918. The average molecular weight is 508 g/mol. The van der Waals surface area contributed by atoms with Crippen molar-refractivity contribution in [3.05, 3.63) is 46.2 Å². The van der Waals surface area contributed by atoms with Crippen LogP contribution >= 0.6 is 35.0 Å². The summed E-state index contributed by atoms with van der Waals surface area (Å²) in [6.45, 7) is 4.29. The third-order valence-corrected chi connectivity index (χ3v) is 9.15. The van der Waals surface area contributed by atoms with Gasteiger partial charge in [0.25, 0.3) is 0 Å². The zero-order chi connectivity index (χ0) is 23.3. The van der Waals surface area contributed by atoms with E-state index in [0.717, 1.165) is 41.5 Å². The van der Waals surface area contributed by atoms with E-state index in [1.54, 1.807) is 12.3 Å². The molecule has 0 saturated carbocycles. The minimum Gasteiger partial charge on any atom is -0.398 e. The van der Waals surface area contributed by atoms with Crippen LogP contribution in [0.4, 0.5) is 11.5 Å². The maximum atomic E-state index is 10.0. The molecule has 1 spiro atoms.